The zero-order chi connectivity index (χ0) is 24.7. The third-order valence-corrected chi connectivity index (χ3v) is 8.71. The van der Waals surface area contributed by atoms with Crippen LogP contribution < -0.4 is 0 Å². The van der Waals surface area contributed by atoms with Crippen molar-refractivity contribution >= 4 is 6.03 Å². The summed E-state index contributed by atoms with van der Waals surface area (Å²) in [6.45, 7) is 5.23. The van der Waals surface area contributed by atoms with Crippen LogP contribution in [0.5, 0.6) is 0 Å². The Hall–Kier alpha value is -1.67. The zero-order valence-electron chi connectivity index (χ0n) is 22.0. The number of carbonyl (C=O) groups is 1. The van der Waals surface area contributed by atoms with Crippen LogP contribution in [0.3, 0.4) is 0 Å². The SMILES string of the molecule is COCCOCCOCCN1C[C@]2(CC[C@](c3ccccc3)(N(C)C)CC2)N(CC2CCC2)C1=O. The van der Waals surface area contributed by atoms with E-state index in [4.69, 9.17) is 14.2 Å². The van der Waals surface area contributed by atoms with Gasteiger partial charge < -0.3 is 24.0 Å². The van der Waals surface area contributed by atoms with Gasteiger partial charge in [-0.15, -0.1) is 0 Å². The summed E-state index contributed by atoms with van der Waals surface area (Å²) >= 11 is 0. The van der Waals surface area contributed by atoms with Crippen molar-refractivity contribution in [1.29, 1.82) is 0 Å². The molecule has 1 aromatic rings. The summed E-state index contributed by atoms with van der Waals surface area (Å²) in [5, 5.41) is 0. The Bertz CT molecular complexity index is 791. The second kappa shape index (κ2) is 12.0. The van der Waals surface area contributed by atoms with Crippen molar-refractivity contribution in [3.8, 4) is 0 Å². The molecule has 2 saturated carbocycles. The fourth-order valence-electron chi connectivity index (χ4n) is 6.20. The maximum atomic E-state index is 13.6. The molecule has 1 heterocycles. The van der Waals surface area contributed by atoms with E-state index in [1.807, 2.05) is 0 Å². The summed E-state index contributed by atoms with van der Waals surface area (Å²) in [4.78, 5) is 20.3. The first-order chi connectivity index (χ1) is 17.0. The minimum Gasteiger partial charge on any atom is -0.382 e. The first kappa shape index (κ1) is 26.4. The Morgan fingerprint density at radius 1 is 0.943 bits per heavy atom. The molecule has 1 aromatic carbocycles. The number of benzene rings is 1. The van der Waals surface area contributed by atoms with Gasteiger partial charge in [-0.1, -0.05) is 36.8 Å². The summed E-state index contributed by atoms with van der Waals surface area (Å²) in [5.41, 5.74) is 1.38. The monoisotopic (exact) mass is 487 g/mol. The second-order valence-corrected chi connectivity index (χ2v) is 10.8. The normalized spacial score (nSPS) is 27.3. The lowest BCUT2D eigenvalue weighted by molar-refractivity contribution is 0.0140. The molecule has 7 nitrogen and oxygen atoms in total. The van der Waals surface area contributed by atoms with Gasteiger partial charge in [0.05, 0.1) is 38.6 Å². The van der Waals surface area contributed by atoms with E-state index in [0.29, 0.717) is 45.5 Å². The van der Waals surface area contributed by atoms with Crippen molar-refractivity contribution in [2.75, 3.05) is 73.9 Å². The smallest absolute Gasteiger partial charge is 0.320 e. The van der Waals surface area contributed by atoms with Crippen molar-refractivity contribution in [2.24, 2.45) is 5.92 Å². The van der Waals surface area contributed by atoms with E-state index in [1.165, 1.54) is 24.8 Å². The summed E-state index contributed by atoms with van der Waals surface area (Å²) < 4.78 is 16.2. The zero-order valence-corrected chi connectivity index (χ0v) is 22.0. The van der Waals surface area contributed by atoms with Crippen LogP contribution in [0.25, 0.3) is 0 Å². The maximum Gasteiger partial charge on any atom is 0.320 e. The van der Waals surface area contributed by atoms with E-state index < -0.39 is 0 Å². The fourth-order valence-corrected chi connectivity index (χ4v) is 6.20. The average molecular weight is 488 g/mol. The Morgan fingerprint density at radius 2 is 1.60 bits per heavy atom. The summed E-state index contributed by atoms with van der Waals surface area (Å²) in [5.74, 6) is 0.672. The van der Waals surface area contributed by atoms with E-state index in [1.54, 1.807) is 7.11 Å². The molecule has 2 amide bonds. The van der Waals surface area contributed by atoms with Crippen molar-refractivity contribution < 1.29 is 19.0 Å². The van der Waals surface area contributed by atoms with Crippen molar-refractivity contribution in [3.05, 3.63) is 35.9 Å². The van der Waals surface area contributed by atoms with E-state index in [0.717, 1.165) is 38.8 Å². The van der Waals surface area contributed by atoms with Gasteiger partial charge in [0, 0.05) is 32.3 Å². The van der Waals surface area contributed by atoms with Crippen LogP contribution >= 0.6 is 0 Å². The Morgan fingerprint density at radius 3 is 2.20 bits per heavy atom. The number of hydrogen-bond acceptors (Lipinski definition) is 5. The number of hydrogen-bond donors (Lipinski definition) is 0. The standard InChI is InChI=1S/C28H45N3O4/c1-29(2)28(25-10-5-4-6-11-25)14-12-27(13-15-28)23-30(16-17-34-20-21-35-19-18-33-3)26(32)31(27)22-24-8-7-9-24/h4-6,10-11,24H,7-9,12-23H2,1-3H3/t27-,28+. The minimum atomic E-state index is -0.0514. The number of urea groups is 1. The predicted octanol–water partition coefficient (Wildman–Crippen LogP) is 3.97. The molecule has 3 fully saturated rings. The Labute approximate surface area is 211 Å². The highest BCUT2D eigenvalue weighted by Gasteiger charge is 2.54. The molecule has 0 aromatic heterocycles. The lowest BCUT2D eigenvalue weighted by Gasteiger charge is -2.51. The molecule has 1 saturated heterocycles. The number of amides is 2. The lowest BCUT2D eigenvalue weighted by atomic mass is 9.68. The lowest BCUT2D eigenvalue weighted by Crippen LogP contribution is -2.56. The fraction of sp³-hybridized carbons (Fsp3) is 0.750. The molecule has 7 heteroatoms. The summed E-state index contributed by atoms with van der Waals surface area (Å²) in [7, 11) is 6.08. The van der Waals surface area contributed by atoms with Crippen LogP contribution in [0, 0.1) is 5.92 Å². The van der Waals surface area contributed by atoms with Crippen LogP contribution in [0.1, 0.15) is 50.5 Å². The quantitative estimate of drug-likeness (QED) is 0.394. The van der Waals surface area contributed by atoms with Gasteiger partial charge in [0.15, 0.2) is 0 Å². The Kier molecular flexibility index (Phi) is 9.08. The molecule has 0 N–H and O–H groups in total. The van der Waals surface area contributed by atoms with Crippen molar-refractivity contribution in [3.63, 3.8) is 0 Å². The van der Waals surface area contributed by atoms with Gasteiger partial charge in [-0.2, -0.15) is 0 Å². The van der Waals surface area contributed by atoms with Crippen LogP contribution in [0.15, 0.2) is 30.3 Å². The number of ether oxygens (including phenoxy) is 3. The van der Waals surface area contributed by atoms with Crippen LogP contribution in [0.2, 0.25) is 0 Å². The largest absolute Gasteiger partial charge is 0.382 e. The predicted molar refractivity (Wildman–Crippen MR) is 138 cm³/mol. The number of rotatable bonds is 13. The Balaban J connectivity index is 1.38. The molecule has 4 rings (SSSR count). The average Bonchev–Trinajstić information content (AvgIpc) is 3.09. The van der Waals surface area contributed by atoms with E-state index in [-0.39, 0.29) is 17.1 Å². The van der Waals surface area contributed by atoms with Crippen LogP contribution in [-0.2, 0) is 19.7 Å². The maximum absolute atomic E-state index is 13.6. The highest BCUT2D eigenvalue weighted by molar-refractivity contribution is 5.78. The molecule has 1 spiro atoms. The second-order valence-electron chi connectivity index (χ2n) is 10.8. The van der Waals surface area contributed by atoms with Gasteiger partial charge in [-0.05, 0) is 64.1 Å². The third kappa shape index (κ3) is 5.85. The van der Waals surface area contributed by atoms with Crippen molar-refractivity contribution in [2.45, 2.75) is 56.0 Å². The molecular weight excluding hydrogens is 442 g/mol. The topological polar surface area (TPSA) is 54.5 Å². The van der Waals surface area contributed by atoms with Gasteiger partial charge in [-0.25, -0.2) is 4.79 Å². The highest BCUT2D eigenvalue weighted by atomic mass is 16.5. The molecule has 3 aliphatic rings. The first-order valence-corrected chi connectivity index (χ1v) is 13.4. The minimum absolute atomic E-state index is 0.0387. The molecule has 196 valence electrons. The number of carbonyl (C=O) groups excluding carboxylic acids is 1. The number of nitrogens with zero attached hydrogens (tertiary/aromatic N) is 3. The molecule has 0 radical (unpaired) electrons. The number of methoxy groups -OCH3 is 1. The van der Waals surface area contributed by atoms with E-state index in [2.05, 4.69) is 59.1 Å². The van der Waals surface area contributed by atoms with Gasteiger partial charge >= 0.3 is 6.03 Å². The molecular formula is C28H45N3O4. The van der Waals surface area contributed by atoms with Crippen LogP contribution in [0.4, 0.5) is 4.79 Å². The molecule has 0 atom stereocenters. The van der Waals surface area contributed by atoms with Gasteiger partial charge in [0.2, 0.25) is 0 Å². The third-order valence-electron chi connectivity index (χ3n) is 8.71. The van der Waals surface area contributed by atoms with E-state index in [9.17, 15) is 4.79 Å². The van der Waals surface area contributed by atoms with Crippen molar-refractivity contribution in [1.82, 2.24) is 14.7 Å². The molecule has 35 heavy (non-hydrogen) atoms. The molecule has 2 aliphatic carbocycles. The van der Waals surface area contributed by atoms with Crippen LogP contribution in [-0.4, -0.2) is 100 Å². The highest BCUT2D eigenvalue weighted by Crippen LogP contribution is 2.49. The van der Waals surface area contributed by atoms with Gasteiger partial charge in [-0.3, -0.25) is 4.90 Å². The first-order valence-electron chi connectivity index (χ1n) is 13.4. The van der Waals surface area contributed by atoms with E-state index >= 15 is 0 Å². The summed E-state index contributed by atoms with van der Waals surface area (Å²) in [6.07, 6.45) is 8.06. The molecule has 0 unspecified atom stereocenters. The van der Waals surface area contributed by atoms with Gasteiger partial charge in [0.1, 0.15) is 0 Å². The van der Waals surface area contributed by atoms with Gasteiger partial charge in [0.25, 0.3) is 0 Å². The molecule has 1 aliphatic heterocycles. The summed E-state index contributed by atoms with van der Waals surface area (Å²) in [6, 6.07) is 11.2. The molecule has 0 bridgehead atoms.